The van der Waals surface area contributed by atoms with Crippen molar-refractivity contribution < 1.29 is 0 Å². The number of nitrogens with two attached hydrogens (primary N) is 1. The van der Waals surface area contributed by atoms with Crippen molar-refractivity contribution in [2.75, 3.05) is 0 Å². The Kier molecular flexibility index (Phi) is 3.69. The summed E-state index contributed by atoms with van der Waals surface area (Å²) in [7, 11) is -0.260. The molecule has 0 radical (unpaired) electrons. The lowest BCUT2D eigenvalue weighted by Crippen LogP contribution is -2.36. The average molecular weight is 193 g/mol. The summed E-state index contributed by atoms with van der Waals surface area (Å²) in [6.07, 6.45) is 1.11. The summed E-state index contributed by atoms with van der Waals surface area (Å²) < 4.78 is 0. The van der Waals surface area contributed by atoms with Crippen molar-refractivity contribution in [3.05, 3.63) is 29.3 Å². The second-order valence-corrected chi connectivity index (χ2v) is 5.95. The predicted octanol–water partition coefficient (Wildman–Crippen LogP) is 0.792. The number of hydrogen-bond acceptors (Lipinski definition) is 1. The topological polar surface area (TPSA) is 26.0 Å². The van der Waals surface area contributed by atoms with Gasteiger partial charge in [0.2, 0.25) is 0 Å². The summed E-state index contributed by atoms with van der Waals surface area (Å²) in [6, 6.07) is 6.56. The molecule has 1 unspecified atom stereocenters. The van der Waals surface area contributed by atoms with E-state index in [4.69, 9.17) is 5.73 Å². The Morgan fingerprint density at radius 2 is 2.08 bits per heavy atom. The molecular weight excluding hydrogens is 174 g/mol. The molecule has 0 saturated carbocycles. The number of benzene rings is 1. The molecule has 72 valence electrons. The van der Waals surface area contributed by atoms with E-state index in [1.807, 2.05) is 0 Å². The van der Waals surface area contributed by atoms with Gasteiger partial charge in [-0.05, 0) is 37.1 Å². The van der Waals surface area contributed by atoms with E-state index in [-0.39, 0.29) is 9.52 Å². The second-order valence-electron chi connectivity index (χ2n) is 3.73. The summed E-state index contributed by atoms with van der Waals surface area (Å²) >= 11 is 0. The van der Waals surface area contributed by atoms with Gasteiger partial charge in [-0.3, -0.25) is 0 Å². The van der Waals surface area contributed by atoms with Crippen LogP contribution >= 0.6 is 0 Å². The van der Waals surface area contributed by atoms with Gasteiger partial charge in [0.1, 0.15) is 0 Å². The fraction of sp³-hybridized carbons (Fsp3) is 0.455. The Bertz CT molecular complexity index is 283. The third-order valence-corrected chi connectivity index (χ3v) is 5.03. The monoisotopic (exact) mass is 193 g/mol. The molecular formula is C11H19NSi. The zero-order chi connectivity index (χ0) is 9.84. The third kappa shape index (κ3) is 2.67. The minimum atomic E-state index is -0.260. The highest BCUT2D eigenvalue weighted by Gasteiger charge is 2.05. The molecule has 2 heteroatoms. The van der Waals surface area contributed by atoms with Crippen LogP contribution in [0.2, 0.25) is 0 Å². The van der Waals surface area contributed by atoms with Gasteiger partial charge in [0.25, 0.3) is 0 Å². The summed E-state index contributed by atoms with van der Waals surface area (Å²) in [4.78, 5) is 0. The molecule has 1 rings (SSSR count). The first-order valence-corrected chi connectivity index (χ1v) is 6.48. The van der Waals surface area contributed by atoms with Gasteiger partial charge in [-0.2, -0.15) is 0 Å². The van der Waals surface area contributed by atoms with Crippen molar-refractivity contribution in [1.29, 1.82) is 0 Å². The fourth-order valence-corrected chi connectivity index (χ4v) is 3.17. The van der Waals surface area contributed by atoms with Gasteiger partial charge in [0, 0.05) is 0 Å². The molecule has 0 amide bonds. The van der Waals surface area contributed by atoms with Gasteiger partial charge >= 0.3 is 0 Å². The van der Waals surface area contributed by atoms with E-state index >= 15 is 0 Å². The summed E-state index contributed by atoms with van der Waals surface area (Å²) in [6.45, 7) is 6.55. The lowest BCUT2D eigenvalue weighted by atomic mass is 10.1. The number of aryl methyl sites for hydroxylation is 1. The van der Waals surface area contributed by atoms with E-state index in [1.165, 1.54) is 16.3 Å². The van der Waals surface area contributed by atoms with Crippen molar-refractivity contribution >= 4 is 14.7 Å². The third-order valence-electron chi connectivity index (χ3n) is 2.72. The van der Waals surface area contributed by atoms with Gasteiger partial charge in [0.05, 0.1) is 9.52 Å². The molecule has 0 fully saturated rings. The molecule has 1 aromatic carbocycles. The highest BCUT2D eigenvalue weighted by atomic mass is 28.2. The summed E-state index contributed by atoms with van der Waals surface area (Å²) in [5, 5.41) is 1.54. The lowest BCUT2D eigenvalue weighted by molar-refractivity contribution is 0.849. The van der Waals surface area contributed by atoms with Crippen molar-refractivity contribution in [2.45, 2.75) is 32.9 Å². The van der Waals surface area contributed by atoms with Gasteiger partial charge in [-0.15, -0.1) is 0 Å². The first-order valence-electron chi connectivity index (χ1n) is 4.95. The molecule has 0 bridgehead atoms. The van der Waals surface area contributed by atoms with Crippen LogP contribution in [0.15, 0.2) is 18.2 Å². The smallest absolute Gasteiger partial charge is 0.0739 e. The van der Waals surface area contributed by atoms with Crippen molar-refractivity contribution in [3.63, 3.8) is 0 Å². The average Bonchev–Trinajstić information content (AvgIpc) is 2.13. The van der Waals surface area contributed by atoms with E-state index in [2.05, 4.69) is 39.0 Å². The largest absolute Gasteiger partial charge is 0.331 e. The first kappa shape index (κ1) is 10.5. The van der Waals surface area contributed by atoms with E-state index in [9.17, 15) is 0 Å². The molecule has 0 saturated heterocycles. The molecule has 2 N–H and O–H groups in total. The van der Waals surface area contributed by atoms with Crippen LogP contribution in [0.3, 0.4) is 0 Å². The Morgan fingerprint density at radius 3 is 2.69 bits per heavy atom. The molecule has 1 aromatic rings. The fourth-order valence-electron chi connectivity index (χ4n) is 1.46. The van der Waals surface area contributed by atoms with Crippen molar-refractivity contribution in [1.82, 2.24) is 0 Å². The molecule has 0 aliphatic heterocycles. The Hall–Kier alpha value is -0.603. The van der Waals surface area contributed by atoms with Gasteiger partial charge in [-0.25, -0.2) is 0 Å². The molecule has 13 heavy (non-hydrogen) atoms. The minimum Gasteiger partial charge on any atom is -0.331 e. The Balaban J connectivity index is 2.83. The standard InChI is InChI=1S/C11H19NSi/c1-4-11(12)13-10-7-5-6-8(2)9(10)3/h5-7,11H,4,12-13H2,1-3H3. The van der Waals surface area contributed by atoms with Crippen LogP contribution in [0, 0.1) is 13.8 Å². The Labute approximate surface area is 83.2 Å². The zero-order valence-corrected chi connectivity index (χ0v) is 10.2. The Morgan fingerprint density at radius 1 is 1.38 bits per heavy atom. The molecule has 1 nitrogen and oxygen atoms in total. The number of rotatable bonds is 3. The maximum atomic E-state index is 5.99. The first-order chi connectivity index (χ1) is 6.15. The van der Waals surface area contributed by atoms with Crippen LogP contribution < -0.4 is 10.9 Å². The van der Waals surface area contributed by atoms with Crippen LogP contribution in [0.4, 0.5) is 0 Å². The lowest BCUT2D eigenvalue weighted by Gasteiger charge is -2.11. The van der Waals surface area contributed by atoms with Gasteiger partial charge in [0.15, 0.2) is 0 Å². The zero-order valence-electron chi connectivity index (χ0n) is 8.80. The predicted molar refractivity (Wildman–Crippen MR) is 62.4 cm³/mol. The van der Waals surface area contributed by atoms with E-state index in [0.29, 0.717) is 5.67 Å². The maximum absolute atomic E-state index is 5.99. The van der Waals surface area contributed by atoms with E-state index in [1.54, 1.807) is 0 Å². The van der Waals surface area contributed by atoms with Crippen LogP contribution in [0.5, 0.6) is 0 Å². The van der Waals surface area contributed by atoms with Crippen molar-refractivity contribution in [2.24, 2.45) is 5.73 Å². The van der Waals surface area contributed by atoms with Crippen LogP contribution in [-0.2, 0) is 0 Å². The molecule has 0 aliphatic carbocycles. The maximum Gasteiger partial charge on any atom is 0.0739 e. The normalized spacial score (nSPS) is 13.8. The van der Waals surface area contributed by atoms with Gasteiger partial charge in [-0.1, -0.05) is 30.3 Å². The molecule has 1 atom stereocenters. The SMILES string of the molecule is CCC(N)[SiH2]c1cccc(C)c1C. The summed E-state index contributed by atoms with van der Waals surface area (Å²) in [5.74, 6) is 0. The summed E-state index contributed by atoms with van der Waals surface area (Å²) in [5.41, 5.74) is 9.28. The highest BCUT2D eigenvalue weighted by Crippen LogP contribution is 2.02. The molecule has 0 aromatic heterocycles. The van der Waals surface area contributed by atoms with E-state index in [0.717, 1.165) is 6.42 Å². The quantitative estimate of drug-likeness (QED) is 0.706. The second kappa shape index (κ2) is 4.58. The highest BCUT2D eigenvalue weighted by molar-refractivity contribution is 6.55. The molecule has 0 spiro atoms. The van der Waals surface area contributed by atoms with E-state index < -0.39 is 0 Å². The van der Waals surface area contributed by atoms with Crippen LogP contribution in [0.1, 0.15) is 24.5 Å². The van der Waals surface area contributed by atoms with Crippen LogP contribution in [-0.4, -0.2) is 15.2 Å². The van der Waals surface area contributed by atoms with Gasteiger partial charge < -0.3 is 5.73 Å². The van der Waals surface area contributed by atoms with Crippen LogP contribution in [0.25, 0.3) is 0 Å². The number of hydrogen-bond donors (Lipinski definition) is 1. The molecule has 0 heterocycles. The van der Waals surface area contributed by atoms with Crippen molar-refractivity contribution in [3.8, 4) is 0 Å². The minimum absolute atomic E-state index is 0.260. The molecule has 0 aliphatic rings.